The van der Waals surface area contributed by atoms with Crippen LogP contribution in [-0.2, 0) is 0 Å². The molecule has 2 atom stereocenters. The van der Waals surface area contributed by atoms with Gasteiger partial charge in [0, 0.05) is 12.1 Å². The molecule has 0 spiro atoms. The molecule has 1 aliphatic carbocycles. The number of hydrogen-bond donors (Lipinski definition) is 1. The van der Waals surface area contributed by atoms with Crippen molar-refractivity contribution < 1.29 is 5.11 Å². The van der Waals surface area contributed by atoms with Crippen molar-refractivity contribution in [1.82, 2.24) is 4.90 Å². The maximum Gasteiger partial charge on any atom is 0.0664 e. The van der Waals surface area contributed by atoms with Crippen LogP contribution in [0.3, 0.4) is 0 Å². The van der Waals surface area contributed by atoms with Crippen LogP contribution >= 0.6 is 0 Å². The van der Waals surface area contributed by atoms with Crippen LogP contribution < -0.4 is 0 Å². The quantitative estimate of drug-likeness (QED) is 0.709. The molecule has 0 radical (unpaired) electrons. The summed E-state index contributed by atoms with van der Waals surface area (Å²) in [6, 6.07) is 1.08. The highest BCUT2D eigenvalue weighted by molar-refractivity contribution is 4.88. The smallest absolute Gasteiger partial charge is 0.0664 e. The Morgan fingerprint density at radius 2 is 1.79 bits per heavy atom. The molecular formula is C12H25NO. The summed E-state index contributed by atoms with van der Waals surface area (Å²) < 4.78 is 0. The van der Waals surface area contributed by atoms with Crippen molar-refractivity contribution in [2.75, 3.05) is 6.54 Å². The zero-order valence-corrected chi connectivity index (χ0v) is 10.0. The average Bonchev–Trinajstić information content (AvgIpc) is 2.87. The van der Waals surface area contributed by atoms with Gasteiger partial charge in [0.05, 0.1) is 6.10 Å². The Labute approximate surface area is 88.3 Å². The summed E-state index contributed by atoms with van der Waals surface area (Å²) in [7, 11) is 0. The zero-order chi connectivity index (χ0) is 10.7. The fraction of sp³-hybridized carbons (Fsp3) is 1.00. The van der Waals surface area contributed by atoms with E-state index in [4.69, 9.17) is 0 Å². The molecule has 1 aliphatic rings. The van der Waals surface area contributed by atoms with Gasteiger partial charge in [-0.05, 0) is 45.6 Å². The topological polar surface area (TPSA) is 23.5 Å². The molecule has 2 heteroatoms. The van der Waals surface area contributed by atoms with Gasteiger partial charge in [0.15, 0.2) is 0 Å². The summed E-state index contributed by atoms with van der Waals surface area (Å²) >= 11 is 0. The molecule has 0 aliphatic heterocycles. The third-order valence-corrected chi connectivity index (χ3v) is 3.20. The van der Waals surface area contributed by atoms with Crippen LogP contribution in [0.1, 0.15) is 47.0 Å². The van der Waals surface area contributed by atoms with Crippen molar-refractivity contribution in [3.05, 3.63) is 0 Å². The van der Waals surface area contributed by atoms with Crippen LogP contribution in [-0.4, -0.2) is 34.7 Å². The number of hydrogen-bond acceptors (Lipinski definition) is 2. The molecule has 14 heavy (non-hydrogen) atoms. The van der Waals surface area contributed by atoms with E-state index in [9.17, 15) is 5.11 Å². The van der Waals surface area contributed by atoms with Gasteiger partial charge in [-0.1, -0.05) is 13.8 Å². The lowest BCUT2D eigenvalue weighted by Gasteiger charge is -2.31. The lowest BCUT2D eigenvalue weighted by Crippen LogP contribution is -2.42. The summed E-state index contributed by atoms with van der Waals surface area (Å²) in [5.41, 5.74) is 0. The second-order valence-electron chi connectivity index (χ2n) is 5.13. The predicted molar refractivity (Wildman–Crippen MR) is 60.3 cm³/mol. The molecule has 2 nitrogen and oxygen atoms in total. The molecule has 0 amide bonds. The lowest BCUT2D eigenvalue weighted by molar-refractivity contribution is 0.0626. The van der Waals surface area contributed by atoms with Crippen LogP contribution in [0.2, 0.25) is 0 Å². The predicted octanol–water partition coefficient (Wildman–Crippen LogP) is 2.27. The molecular weight excluding hydrogens is 174 g/mol. The largest absolute Gasteiger partial charge is 0.392 e. The van der Waals surface area contributed by atoms with Crippen LogP contribution in [0.15, 0.2) is 0 Å². The molecule has 0 aromatic carbocycles. The molecule has 1 rings (SSSR count). The summed E-state index contributed by atoms with van der Waals surface area (Å²) in [4.78, 5) is 2.49. The fourth-order valence-corrected chi connectivity index (χ4v) is 1.81. The van der Waals surface area contributed by atoms with Gasteiger partial charge in [0.25, 0.3) is 0 Å². The Kier molecular flexibility index (Phi) is 4.39. The van der Waals surface area contributed by atoms with Crippen LogP contribution in [0.4, 0.5) is 0 Å². The second-order valence-corrected chi connectivity index (χ2v) is 5.13. The van der Waals surface area contributed by atoms with Gasteiger partial charge < -0.3 is 5.11 Å². The lowest BCUT2D eigenvalue weighted by atomic mass is 10.1. The first-order chi connectivity index (χ1) is 6.52. The van der Waals surface area contributed by atoms with E-state index in [0.29, 0.717) is 6.04 Å². The van der Waals surface area contributed by atoms with Gasteiger partial charge in [-0.15, -0.1) is 0 Å². The molecule has 0 aromatic rings. The maximum atomic E-state index is 9.59. The Hall–Kier alpha value is -0.0800. The van der Waals surface area contributed by atoms with Crippen molar-refractivity contribution in [1.29, 1.82) is 0 Å². The van der Waals surface area contributed by atoms with Gasteiger partial charge in [0.1, 0.15) is 0 Å². The fourth-order valence-electron chi connectivity index (χ4n) is 1.81. The van der Waals surface area contributed by atoms with E-state index >= 15 is 0 Å². The number of nitrogens with zero attached hydrogens (tertiary/aromatic N) is 1. The van der Waals surface area contributed by atoms with Crippen molar-refractivity contribution in [2.24, 2.45) is 5.92 Å². The SMILES string of the molecule is CC(C)CCN(C1CC1)C(C)C(C)O. The van der Waals surface area contributed by atoms with Gasteiger partial charge in [0.2, 0.25) is 0 Å². The molecule has 0 bridgehead atoms. The minimum absolute atomic E-state index is 0.206. The second kappa shape index (κ2) is 5.13. The summed E-state index contributed by atoms with van der Waals surface area (Å²) in [5.74, 6) is 0.762. The first-order valence-corrected chi connectivity index (χ1v) is 5.96. The number of aliphatic hydroxyl groups is 1. The molecule has 0 saturated heterocycles. The van der Waals surface area contributed by atoms with Crippen LogP contribution in [0, 0.1) is 5.92 Å². The van der Waals surface area contributed by atoms with Gasteiger partial charge in [-0.2, -0.15) is 0 Å². The number of rotatable bonds is 6. The monoisotopic (exact) mass is 199 g/mol. The van der Waals surface area contributed by atoms with E-state index in [1.54, 1.807) is 0 Å². The molecule has 1 N–H and O–H groups in total. The van der Waals surface area contributed by atoms with Crippen molar-refractivity contribution >= 4 is 0 Å². The molecule has 1 fully saturated rings. The van der Waals surface area contributed by atoms with E-state index in [-0.39, 0.29) is 6.10 Å². The Balaban J connectivity index is 2.38. The first-order valence-electron chi connectivity index (χ1n) is 5.96. The van der Waals surface area contributed by atoms with Crippen molar-refractivity contribution in [3.8, 4) is 0 Å². The Bertz CT molecular complexity index is 164. The first kappa shape index (κ1) is 12.0. The highest BCUT2D eigenvalue weighted by Crippen LogP contribution is 2.29. The minimum atomic E-state index is -0.206. The molecule has 84 valence electrons. The minimum Gasteiger partial charge on any atom is -0.392 e. The highest BCUT2D eigenvalue weighted by atomic mass is 16.3. The van der Waals surface area contributed by atoms with E-state index in [1.807, 2.05) is 6.92 Å². The van der Waals surface area contributed by atoms with Crippen molar-refractivity contribution in [3.63, 3.8) is 0 Å². The molecule has 0 heterocycles. The zero-order valence-electron chi connectivity index (χ0n) is 10.0. The Morgan fingerprint density at radius 3 is 2.14 bits per heavy atom. The third-order valence-electron chi connectivity index (χ3n) is 3.20. The molecule has 2 unspecified atom stereocenters. The standard InChI is InChI=1S/C12H25NO/c1-9(2)7-8-13(12-5-6-12)10(3)11(4)14/h9-12,14H,5-8H2,1-4H3. The van der Waals surface area contributed by atoms with Crippen LogP contribution in [0.5, 0.6) is 0 Å². The third kappa shape index (κ3) is 3.58. The van der Waals surface area contributed by atoms with E-state index in [1.165, 1.54) is 19.3 Å². The van der Waals surface area contributed by atoms with Gasteiger partial charge in [-0.3, -0.25) is 4.90 Å². The van der Waals surface area contributed by atoms with E-state index < -0.39 is 0 Å². The van der Waals surface area contributed by atoms with Crippen molar-refractivity contribution in [2.45, 2.75) is 65.1 Å². The summed E-state index contributed by atoms with van der Waals surface area (Å²) in [6.07, 6.45) is 3.69. The summed E-state index contributed by atoms with van der Waals surface area (Å²) in [6.45, 7) is 9.71. The van der Waals surface area contributed by atoms with E-state index in [2.05, 4.69) is 25.7 Å². The van der Waals surface area contributed by atoms with E-state index in [0.717, 1.165) is 18.5 Å². The highest BCUT2D eigenvalue weighted by Gasteiger charge is 2.33. The number of aliphatic hydroxyl groups excluding tert-OH is 1. The Morgan fingerprint density at radius 1 is 1.21 bits per heavy atom. The maximum absolute atomic E-state index is 9.59. The van der Waals surface area contributed by atoms with Crippen LogP contribution in [0.25, 0.3) is 0 Å². The molecule has 0 aromatic heterocycles. The summed E-state index contributed by atoms with van der Waals surface area (Å²) in [5, 5.41) is 9.59. The van der Waals surface area contributed by atoms with Gasteiger partial charge in [-0.25, -0.2) is 0 Å². The molecule has 1 saturated carbocycles. The average molecular weight is 199 g/mol. The normalized spacial score (nSPS) is 21.6. The van der Waals surface area contributed by atoms with Gasteiger partial charge >= 0.3 is 0 Å².